The number of hydrogen-bond donors (Lipinski definition) is 2. The fourth-order valence-corrected chi connectivity index (χ4v) is 8.99. The third-order valence-electron chi connectivity index (χ3n) is 11.2. The molecule has 5 aliphatic rings. The maximum absolute atomic E-state index is 12.2. The molecular weight excluding hydrogens is 512 g/mol. The first-order valence-electron chi connectivity index (χ1n) is 14.8. The van der Waals surface area contributed by atoms with E-state index in [2.05, 4.69) is 31.2 Å². The highest BCUT2D eigenvalue weighted by atomic mass is 16.7. The van der Waals surface area contributed by atoms with Gasteiger partial charge in [0.2, 0.25) is 0 Å². The summed E-state index contributed by atoms with van der Waals surface area (Å²) in [6.45, 7) is 4.80. The van der Waals surface area contributed by atoms with Gasteiger partial charge in [0, 0.05) is 50.9 Å². The van der Waals surface area contributed by atoms with Crippen LogP contribution in [0.2, 0.25) is 0 Å². The number of carbonyl (C=O) groups excluding carboxylic acids is 1. The van der Waals surface area contributed by atoms with Crippen LogP contribution in [0.15, 0.2) is 35.4 Å². The molecule has 1 heterocycles. The lowest BCUT2D eigenvalue weighted by atomic mass is 9.49. The molecular formula is C32H44O8. The van der Waals surface area contributed by atoms with E-state index in [1.54, 1.807) is 14.2 Å². The fourth-order valence-electron chi connectivity index (χ4n) is 8.99. The molecule has 40 heavy (non-hydrogen) atoms. The quantitative estimate of drug-likeness (QED) is 0.299. The largest absolute Gasteiger partial charge is 0.463 e. The molecule has 2 unspecified atom stereocenters. The Bertz CT molecular complexity index is 1150. The summed E-state index contributed by atoms with van der Waals surface area (Å²) in [6, 6.07) is 8.47. The summed E-state index contributed by atoms with van der Waals surface area (Å²) in [4.78, 5) is 11.7. The van der Waals surface area contributed by atoms with E-state index in [0.29, 0.717) is 45.3 Å². The molecule has 8 heteroatoms. The van der Waals surface area contributed by atoms with Gasteiger partial charge in [0.25, 0.3) is 0 Å². The Morgan fingerprint density at radius 3 is 2.33 bits per heavy atom. The van der Waals surface area contributed by atoms with E-state index in [1.165, 1.54) is 12.5 Å². The highest BCUT2D eigenvalue weighted by Gasteiger charge is 2.65. The Morgan fingerprint density at radius 1 is 1.00 bits per heavy atom. The van der Waals surface area contributed by atoms with E-state index in [1.807, 2.05) is 0 Å². The minimum atomic E-state index is -1.09. The summed E-state index contributed by atoms with van der Waals surface area (Å²) in [6.07, 6.45) is 5.14. The van der Waals surface area contributed by atoms with Gasteiger partial charge in [0.1, 0.15) is 12.2 Å². The van der Waals surface area contributed by atoms with E-state index in [9.17, 15) is 15.0 Å². The van der Waals surface area contributed by atoms with Crippen LogP contribution in [0.1, 0.15) is 88.5 Å². The van der Waals surface area contributed by atoms with Crippen LogP contribution in [0.5, 0.6) is 0 Å². The second-order valence-corrected chi connectivity index (χ2v) is 13.0. The third-order valence-corrected chi connectivity index (χ3v) is 11.2. The normalized spacial score (nSPS) is 39.0. The molecule has 0 aromatic heterocycles. The summed E-state index contributed by atoms with van der Waals surface area (Å²) >= 11 is 0. The number of fused-ring (bicyclic) bond motifs is 4. The molecule has 1 saturated heterocycles. The van der Waals surface area contributed by atoms with E-state index in [0.717, 1.165) is 36.0 Å². The molecule has 3 saturated carbocycles. The molecule has 4 aliphatic carbocycles. The van der Waals surface area contributed by atoms with Gasteiger partial charge < -0.3 is 33.9 Å². The van der Waals surface area contributed by atoms with Crippen molar-refractivity contribution in [2.45, 2.75) is 94.4 Å². The SMILES string of the molecule is COC1(OC)CCC2=C3C(CC[C@@]2(O)C1)C1CC[C@@](O)(COC(C)=O)[C@@]1(C)C[C@@H]3c1ccc(C2OCCO2)cc1. The molecule has 0 amide bonds. The smallest absolute Gasteiger partial charge is 0.302 e. The zero-order valence-electron chi connectivity index (χ0n) is 24.2. The summed E-state index contributed by atoms with van der Waals surface area (Å²) in [5, 5.41) is 24.2. The number of aliphatic hydroxyl groups is 2. The lowest BCUT2D eigenvalue weighted by Gasteiger charge is -2.57. The average molecular weight is 557 g/mol. The summed E-state index contributed by atoms with van der Waals surface area (Å²) in [5.41, 5.74) is 2.12. The van der Waals surface area contributed by atoms with Crippen molar-refractivity contribution in [2.24, 2.45) is 17.3 Å². The Kier molecular flexibility index (Phi) is 7.20. The molecule has 220 valence electrons. The van der Waals surface area contributed by atoms with Crippen molar-refractivity contribution in [3.8, 4) is 0 Å². The maximum Gasteiger partial charge on any atom is 0.302 e. The first-order valence-corrected chi connectivity index (χ1v) is 14.8. The molecule has 6 atom stereocenters. The Morgan fingerprint density at radius 2 is 1.68 bits per heavy atom. The molecule has 6 rings (SSSR count). The molecule has 1 aromatic carbocycles. The van der Waals surface area contributed by atoms with Gasteiger partial charge in [-0.15, -0.1) is 0 Å². The second kappa shape index (κ2) is 10.2. The lowest BCUT2D eigenvalue weighted by Crippen LogP contribution is -2.57. The lowest BCUT2D eigenvalue weighted by molar-refractivity contribution is -0.246. The molecule has 4 fully saturated rings. The van der Waals surface area contributed by atoms with Crippen molar-refractivity contribution in [1.82, 2.24) is 0 Å². The minimum absolute atomic E-state index is 0.0180. The van der Waals surface area contributed by atoms with Crippen LogP contribution >= 0.6 is 0 Å². The minimum Gasteiger partial charge on any atom is -0.463 e. The highest BCUT2D eigenvalue weighted by Crippen LogP contribution is 2.67. The monoisotopic (exact) mass is 556 g/mol. The van der Waals surface area contributed by atoms with Crippen LogP contribution in [0.3, 0.4) is 0 Å². The number of esters is 1. The first-order chi connectivity index (χ1) is 19.1. The van der Waals surface area contributed by atoms with Gasteiger partial charge in [-0.2, -0.15) is 0 Å². The number of benzene rings is 1. The van der Waals surface area contributed by atoms with Gasteiger partial charge in [-0.05, 0) is 61.5 Å². The molecule has 0 bridgehead atoms. The molecule has 0 radical (unpaired) electrons. The number of hydrogen-bond acceptors (Lipinski definition) is 8. The number of ether oxygens (including phenoxy) is 5. The number of carbonyl (C=O) groups is 1. The summed E-state index contributed by atoms with van der Waals surface area (Å²) in [5.74, 6) is -0.652. The average Bonchev–Trinajstić information content (AvgIpc) is 3.58. The van der Waals surface area contributed by atoms with Crippen molar-refractivity contribution in [2.75, 3.05) is 34.0 Å². The number of allylic oxidation sites excluding steroid dienone is 1. The van der Waals surface area contributed by atoms with Crippen molar-refractivity contribution in [3.63, 3.8) is 0 Å². The van der Waals surface area contributed by atoms with Gasteiger partial charge in [-0.1, -0.05) is 36.8 Å². The van der Waals surface area contributed by atoms with Gasteiger partial charge in [-0.25, -0.2) is 0 Å². The molecule has 1 aromatic rings. The van der Waals surface area contributed by atoms with Crippen LogP contribution in [0.25, 0.3) is 0 Å². The summed E-state index contributed by atoms with van der Waals surface area (Å²) in [7, 11) is 3.32. The van der Waals surface area contributed by atoms with E-state index < -0.39 is 22.4 Å². The van der Waals surface area contributed by atoms with Gasteiger partial charge in [0.15, 0.2) is 12.1 Å². The first kappa shape index (κ1) is 28.3. The van der Waals surface area contributed by atoms with Crippen LogP contribution in [-0.2, 0) is 28.5 Å². The van der Waals surface area contributed by atoms with Crippen LogP contribution < -0.4 is 0 Å². The topological polar surface area (TPSA) is 104 Å². The zero-order valence-corrected chi connectivity index (χ0v) is 24.2. The Labute approximate surface area is 237 Å². The van der Waals surface area contributed by atoms with Crippen molar-refractivity contribution < 1.29 is 38.7 Å². The predicted octanol–water partition coefficient (Wildman–Crippen LogP) is 4.54. The molecule has 0 spiro atoms. The third kappa shape index (κ3) is 4.38. The van der Waals surface area contributed by atoms with Crippen molar-refractivity contribution in [3.05, 3.63) is 46.5 Å². The van der Waals surface area contributed by atoms with Crippen molar-refractivity contribution in [1.29, 1.82) is 0 Å². The number of rotatable bonds is 6. The van der Waals surface area contributed by atoms with Gasteiger partial charge >= 0.3 is 5.97 Å². The summed E-state index contributed by atoms with van der Waals surface area (Å²) < 4.78 is 28.5. The van der Waals surface area contributed by atoms with Gasteiger partial charge in [-0.3, -0.25) is 4.79 Å². The fraction of sp³-hybridized carbons (Fsp3) is 0.719. The second-order valence-electron chi connectivity index (χ2n) is 13.0. The zero-order chi connectivity index (χ0) is 28.3. The molecule has 8 nitrogen and oxygen atoms in total. The van der Waals surface area contributed by atoms with E-state index in [4.69, 9.17) is 23.7 Å². The molecule has 1 aliphatic heterocycles. The van der Waals surface area contributed by atoms with Gasteiger partial charge in [0.05, 0.1) is 18.8 Å². The number of methoxy groups -OCH3 is 2. The molecule has 2 N–H and O–H groups in total. The predicted molar refractivity (Wildman–Crippen MR) is 146 cm³/mol. The van der Waals surface area contributed by atoms with Crippen LogP contribution in [-0.4, -0.2) is 67.2 Å². The Balaban J connectivity index is 1.43. The van der Waals surface area contributed by atoms with E-state index >= 15 is 0 Å². The van der Waals surface area contributed by atoms with E-state index in [-0.39, 0.29) is 36.6 Å². The standard InChI is InChI=1S/C32H44O8/c1-20(33)40-19-31(35)13-10-25-23-9-12-30(34)18-32(36-3,37-4)14-11-26(30)27(23)24(17-29(25,31)2)21-5-7-22(8-6-21)28-38-15-16-39-28/h5-8,23-25,28,34-35H,9-19H2,1-4H3/t23?,24-,25?,29+,30-,31-/m1/s1. The highest BCUT2D eigenvalue weighted by molar-refractivity contribution is 5.66. The van der Waals surface area contributed by atoms with Crippen LogP contribution in [0.4, 0.5) is 0 Å². The maximum atomic E-state index is 12.2. The van der Waals surface area contributed by atoms with Crippen molar-refractivity contribution >= 4 is 5.97 Å². The Hall–Kier alpha value is -1.81. The van der Waals surface area contributed by atoms with Crippen LogP contribution in [0, 0.1) is 17.3 Å².